The van der Waals surface area contributed by atoms with Gasteiger partial charge >= 0.3 is 0 Å². The Kier molecular flexibility index (Phi) is 6.68. The van der Waals surface area contributed by atoms with Gasteiger partial charge in [0.15, 0.2) is 0 Å². The van der Waals surface area contributed by atoms with Crippen LogP contribution >= 0.6 is 23.2 Å². The van der Waals surface area contributed by atoms with Crippen LogP contribution in [-0.2, 0) is 16.0 Å². The van der Waals surface area contributed by atoms with Gasteiger partial charge in [-0.3, -0.25) is 14.5 Å². The summed E-state index contributed by atoms with van der Waals surface area (Å²) in [5, 5.41) is 0.867. The van der Waals surface area contributed by atoms with Gasteiger partial charge in [0.05, 0.1) is 10.6 Å². The van der Waals surface area contributed by atoms with Gasteiger partial charge in [-0.05, 0) is 43.0 Å². The molecule has 0 atom stereocenters. The van der Waals surface area contributed by atoms with Crippen LogP contribution in [0.4, 0.5) is 5.69 Å². The number of hydrogen-bond donors (Lipinski definition) is 0. The summed E-state index contributed by atoms with van der Waals surface area (Å²) in [6, 6.07) is 13.1. The number of halogens is 2. The van der Waals surface area contributed by atoms with E-state index in [-0.39, 0.29) is 11.8 Å². The van der Waals surface area contributed by atoms with Crippen LogP contribution in [-0.4, -0.2) is 29.8 Å². The molecule has 0 bridgehead atoms. The maximum Gasteiger partial charge on any atom is 0.278 e. The first kappa shape index (κ1) is 21.9. The molecule has 4 nitrogen and oxygen atoms in total. The van der Waals surface area contributed by atoms with Gasteiger partial charge < -0.3 is 4.90 Å². The van der Waals surface area contributed by atoms with Gasteiger partial charge in [0.2, 0.25) is 0 Å². The number of aryl methyl sites for hydroxylation is 1. The van der Waals surface area contributed by atoms with Gasteiger partial charge in [-0.25, -0.2) is 0 Å². The van der Waals surface area contributed by atoms with Crippen LogP contribution in [0.15, 0.2) is 48.2 Å². The van der Waals surface area contributed by atoms with E-state index in [9.17, 15) is 9.59 Å². The summed E-state index contributed by atoms with van der Waals surface area (Å²) in [5.74, 6) is -0.511. The Morgan fingerprint density at radius 2 is 1.77 bits per heavy atom. The highest BCUT2D eigenvalue weighted by molar-refractivity contribution is 6.41. The third-order valence-corrected chi connectivity index (χ3v) is 6.51. The lowest BCUT2D eigenvalue weighted by Gasteiger charge is -2.32. The fourth-order valence-corrected chi connectivity index (χ4v) is 4.92. The second kappa shape index (κ2) is 9.46. The number of imide groups is 1. The van der Waals surface area contributed by atoms with Crippen molar-refractivity contribution in [2.75, 3.05) is 18.0 Å². The number of benzene rings is 2. The van der Waals surface area contributed by atoms with E-state index in [0.717, 1.165) is 44.2 Å². The van der Waals surface area contributed by atoms with Crippen molar-refractivity contribution in [1.29, 1.82) is 0 Å². The Labute approximate surface area is 193 Å². The molecule has 6 heteroatoms. The lowest BCUT2D eigenvalue weighted by molar-refractivity contribution is -0.137. The van der Waals surface area contributed by atoms with Gasteiger partial charge in [-0.2, -0.15) is 0 Å². The standard InChI is InChI=1S/C25H26Cl2N2O2/c1-2-3-4-7-14-29-24(30)22(19-13-12-18(26)16-20(19)27)23(25(29)31)28-15-8-10-17-9-5-6-11-21(17)28/h5-6,9,11-13,16H,2-4,7-8,10,14-15H2,1H3. The second-order valence-corrected chi connectivity index (χ2v) is 8.90. The highest BCUT2D eigenvalue weighted by Gasteiger charge is 2.43. The van der Waals surface area contributed by atoms with Crippen LogP contribution < -0.4 is 4.90 Å². The number of rotatable bonds is 7. The number of fused-ring (bicyclic) bond motifs is 1. The van der Waals surface area contributed by atoms with Gasteiger partial charge in [0.25, 0.3) is 11.8 Å². The summed E-state index contributed by atoms with van der Waals surface area (Å²) in [6.45, 7) is 3.25. The molecule has 31 heavy (non-hydrogen) atoms. The zero-order valence-corrected chi connectivity index (χ0v) is 19.2. The van der Waals surface area contributed by atoms with Crippen molar-refractivity contribution >= 4 is 46.3 Å². The normalized spacial score (nSPS) is 16.4. The van der Waals surface area contributed by atoms with E-state index in [1.807, 2.05) is 23.1 Å². The molecule has 0 unspecified atom stereocenters. The lowest BCUT2D eigenvalue weighted by atomic mass is 9.98. The minimum absolute atomic E-state index is 0.237. The zero-order valence-electron chi connectivity index (χ0n) is 17.7. The first-order chi connectivity index (χ1) is 15.0. The molecule has 0 aliphatic carbocycles. The molecule has 2 aromatic rings. The van der Waals surface area contributed by atoms with Crippen LogP contribution in [0.25, 0.3) is 5.57 Å². The van der Waals surface area contributed by atoms with E-state index in [0.29, 0.717) is 40.0 Å². The summed E-state index contributed by atoms with van der Waals surface area (Å²) < 4.78 is 0. The molecule has 0 radical (unpaired) electrons. The van der Waals surface area contributed by atoms with Crippen LogP contribution in [0.3, 0.4) is 0 Å². The Balaban J connectivity index is 1.80. The number of hydrogen-bond acceptors (Lipinski definition) is 3. The summed E-state index contributed by atoms with van der Waals surface area (Å²) in [4.78, 5) is 30.5. The van der Waals surface area contributed by atoms with Crippen molar-refractivity contribution in [3.05, 3.63) is 69.3 Å². The van der Waals surface area contributed by atoms with Crippen molar-refractivity contribution in [3.8, 4) is 0 Å². The van der Waals surface area contributed by atoms with Crippen LogP contribution in [0.5, 0.6) is 0 Å². The topological polar surface area (TPSA) is 40.6 Å². The van der Waals surface area contributed by atoms with Gasteiger partial charge in [-0.15, -0.1) is 0 Å². The van der Waals surface area contributed by atoms with Crippen molar-refractivity contribution < 1.29 is 9.59 Å². The third kappa shape index (κ3) is 4.24. The second-order valence-electron chi connectivity index (χ2n) is 8.05. The maximum atomic E-state index is 13.6. The quantitative estimate of drug-likeness (QED) is 0.372. The number of anilines is 1. The number of unbranched alkanes of at least 4 members (excludes halogenated alkanes) is 3. The Hall–Kier alpha value is -2.30. The molecular formula is C25H26Cl2N2O2. The molecule has 2 aliphatic rings. The molecule has 0 saturated heterocycles. The highest BCUT2D eigenvalue weighted by atomic mass is 35.5. The van der Waals surface area contributed by atoms with E-state index in [1.54, 1.807) is 18.2 Å². The number of carbonyl (C=O) groups excluding carboxylic acids is 2. The van der Waals surface area contributed by atoms with Gasteiger partial charge in [0, 0.05) is 29.4 Å². The SMILES string of the molecule is CCCCCCN1C(=O)C(c2ccc(Cl)cc2Cl)=C(N2CCCc3ccccc32)C1=O. The van der Waals surface area contributed by atoms with E-state index < -0.39 is 0 Å². The molecule has 0 N–H and O–H groups in total. The number of carbonyl (C=O) groups is 2. The molecule has 4 rings (SSSR count). The highest BCUT2D eigenvalue weighted by Crippen LogP contribution is 2.40. The molecule has 2 amide bonds. The van der Waals surface area contributed by atoms with E-state index >= 15 is 0 Å². The molecule has 0 fully saturated rings. The van der Waals surface area contributed by atoms with Crippen LogP contribution in [0, 0.1) is 0 Å². The Morgan fingerprint density at radius 1 is 0.968 bits per heavy atom. The van der Waals surface area contributed by atoms with Crippen LogP contribution in [0.2, 0.25) is 10.0 Å². The molecule has 2 aliphatic heterocycles. The predicted molar refractivity (Wildman–Crippen MR) is 126 cm³/mol. The Bertz CT molecular complexity index is 1050. The van der Waals surface area contributed by atoms with E-state index in [1.165, 1.54) is 10.5 Å². The van der Waals surface area contributed by atoms with Crippen LogP contribution in [0.1, 0.15) is 50.2 Å². The summed E-state index contributed by atoms with van der Waals surface area (Å²) >= 11 is 12.6. The van der Waals surface area contributed by atoms with Gasteiger partial charge in [0.1, 0.15) is 5.70 Å². The van der Waals surface area contributed by atoms with Crippen molar-refractivity contribution in [2.45, 2.75) is 45.4 Å². The van der Waals surface area contributed by atoms with Crippen molar-refractivity contribution in [3.63, 3.8) is 0 Å². The molecule has 2 aromatic carbocycles. The number of para-hydroxylation sites is 1. The minimum Gasteiger partial charge on any atom is -0.336 e. The lowest BCUT2D eigenvalue weighted by Crippen LogP contribution is -2.37. The minimum atomic E-state index is -0.274. The molecule has 2 heterocycles. The predicted octanol–water partition coefficient (Wildman–Crippen LogP) is 6.11. The molecule has 162 valence electrons. The average molecular weight is 457 g/mol. The van der Waals surface area contributed by atoms with Gasteiger partial charge in [-0.1, -0.05) is 73.7 Å². The molecule has 0 spiro atoms. The molecular weight excluding hydrogens is 431 g/mol. The first-order valence-corrected chi connectivity index (χ1v) is 11.7. The summed E-state index contributed by atoms with van der Waals surface area (Å²) in [7, 11) is 0. The smallest absolute Gasteiger partial charge is 0.278 e. The molecule has 0 aromatic heterocycles. The maximum absolute atomic E-state index is 13.6. The largest absolute Gasteiger partial charge is 0.336 e. The summed E-state index contributed by atoms with van der Waals surface area (Å²) in [6.07, 6.45) is 5.86. The molecule has 0 saturated carbocycles. The number of nitrogens with zero attached hydrogens (tertiary/aromatic N) is 2. The van der Waals surface area contributed by atoms with E-state index in [2.05, 4.69) is 13.0 Å². The van der Waals surface area contributed by atoms with Crippen molar-refractivity contribution in [1.82, 2.24) is 4.90 Å². The first-order valence-electron chi connectivity index (χ1n) is 10.9. The fourth-order valence-electron chi connectivity index (χ4n) is 4.41. The average Bonchev–Trinajstić information content (AvgIpc) is 3.00. The number of amides is 2. The van der Waals surface area contributed by atoms with E-state index in [4.69, 9.17) is 23.2 Å². The van der Waals surface area contributed by atoms with Crippen molar-refractivity contribution in [2.24, 2.45) is 0 Å². The zero-order chi connectivity index (χ0) is 22.0. The Morgan fingerprint density at radius 3 is 2.55 bits per heavy atom. The monoisotopic (exact) mass is 456 g/mol. The fraction of sp³-hybridized carbons (Fsp3) is 0.360. The summed E-state index contributed by atoms with van der Waals surface area (Å²) in [5.41, 5.74) is 3.53. The third-order valence-electron chi connectivity index (χ3n) is 5.96.